The highest BCUT2D eigenvalue weighted by Crippen LogP contribution is 1.98. The molecule has 14 heavy (non-hydrogen) atoms. The Kier molecular flexibility index (Phi) is 6.11. The van der Waals surface area contributed by atoms with Crippen LogP contribution in [0, 0.1) is 0 Å². The van der Waals surface area contributed by atoms with Crippen molar-refractivity contribution in [3.8, 4) is 0 Å². The molecule has 0 aromatic heterocycles. The molecule has 0 bridgehead atoms. The second-order valence-corrected chi connectivity index (χ2v) is 2.75. The Morgan fingerprint density at radius 2 is 1.64 bits per heavy atom. The topological polar surface area (TPSA) is 60.4 Å². The number of carboxylic acids is 1. The smallest absolute Gasteiger partial charge is 0.223 e. The zero-order chi connectivity index (χ0) is 11.0. The van der Waals surface area contributed by atoms with Gasteiger partial charge in [0.1, 0.15) is 0 Å². The Balaban J connectivity index is 4.06. The van der Waals surface area contributed by atoms with E-state index >= 15 is 0 Å². The molecule has 0 aliphatic carbocycles. The molecule has 0 aliphatic heterocycles. The minimum Gasteiger partial charge on any atom is -0.550 e. The van der Waals surface area contributed by atoms with Crippen molar-refractivity contribution in [3.05, 3.63) is 25.3 Å². The summed E-state index contributed by atoms with van der Waals surface area (Å²) in [5.41, 5.74) is 0. The molecule has 0 spiro atoms. The molecule has 4 heteroatoms. The zero-order valence-electron chi connectivity index (χ0n) is 8.07. The molecule has 78 valence electrons. The van der Waals surface area contributed by atoms with Gasteiger partial charge in [0.2, 0.25) is 5.91 Å². The number of rotatable bonds is 7. The predicted molar refractivity (Wildman–Crippen MR) is 51.2 cm³/mol. The lowest BCUT2D eigenvalue weighted by atomic mass is 10.2. The SMILES string of the molecule is C=CCN(CC=C)C(=O)CCC(=O)[O-]. The number of hydrogen-bond donors (Lipinski definition) is 0. The van der Waals surface area contributed by atoms with E-state index in [-0.39, 0.29) is 18.7 Å². The van der Waals surface area contributed by atoms with Crippen LogP contribution in [0.15, 0.2) is 25.3 Å². The number of carboxylic acid groups (broad SMARTS) is 1. The predicted octanol–water partition coefficient (Wildman–Crippen LogP) is -0.283. The maximum absolute atomic E-state index is 11.4. The summed E-state index contributed by atoms with van der Waals surface area (Å²) in [5, 5.41) is 10.1. The zero-order valence-corrected chi connectivity index (χ0v) is 8.07. The third-order valence-electron chi connectivity index (χ3n) is 1.59. The summed E-state index contributed by atoms with van der Waals surface area (Å²) in [5.74, 6) is -1.44. The molecule has 1 amide bonds. The van der Waals surface area contributed by atoms with Gasteiger partial charge >= 0.3 is 0 Å². The molecule has 0 aromatic rings. The Hall–Kier alpha value is -1.58. The van der Waals surface area contributed by atoms with E-state index in [2.05, 4.69) is 13.2 Å². The average molecular weight is 196 g/mol. The van der Waals surface area contributed by atoms with Crippen LogP contribution in [0.5, 0.6) is 0 Å². The second kappa shape index (κ2) is 6.88. The van der Waals surface area contributed by atoms with Gasteiger partial charge in [0, 0.05) is 25.5 Å². The van der Waals surface area contributed by atoms with Crippen molar-refractivity contribution < 1.29 is 14.7 Å². The van der Waals surface area contributed by atoms with Gasteiger partial charge in [0.05, 0.1) is 0 Å². The van der Waals surface area contributed by atoms with Gasteiger partial charge in [0.25, 0.3) is 0 Å². The second-order valence-electron chi connectivity index (χ2n) is 2.75. The summed E-state index contributed by atoms with van der Waals surface area (Å²) in [7, 11) is 0. The lowest BCUT2D eigenvalue weighted by molar-refractivity contribution is -0.305. The van der Waals surface area contributed by atoms with E-state index in [1.54, 1.807) is 12.2 Å². The number of carbonyl (C=O) groups excluding carboxylic acids is 2. The lowest BCUT2D eigenvalue weighted by Gasteiger charge is -2.19. The highest BCUT2D eigenvalue weighted by molar-refractivity contribution is 5.80. The Morgan fingerprint density at radius 1 is 1.14 bits per heavy atom. The fraction of sp³-hybridized carbons (Fsp3) is 0.400. The van der Waals surface area contributed by atoms with E-state index in [1.165, 1.54) is 4.90 Å². The molecule has 0 N–H and O–H groups in total. The standard InChI is InChI=1S/C10H15NO3/c1-3-7-11(8-4-2)9(12)5-6-10(13)14/h3-4H,1-2,5-8H2,(H,13,14)/p-1. The first-order chi connectivity index (χ1) is 6.61. The van der Waals surface area contributed by atoms with Crippen LogP contribution in [0.2, 0.25) is 0 Å². The number of amides is 1. The fourth-order valence-electron chi connectivity index (χ4n) is 0.957. The van der Waals surface area contributed by atoms with Gasteiger partial charge in [0.15, 0.2) is 0 Å². The third kappa shape index (κ3) is 5.13. The molecule has 0 aromatic carbocycles. The molecule has 0 saturated heterocycles. The van der Waals surface area contributed by atoms with Gasteiger partial charge in [-0.3, -0.25) is 4.79 Å². The minimum absolute atomic E-state index is 0.0377. The van der Waals surface area contributed by atoms with Crippen LogP contribution in [0.25, 0.3) is 0 Å². The molecular formula is C10H14NO3-. The average Bonchev–Trinajstić information content (AvgIpc) is 2.14. The summed E-state index contributed by atoms with van der Waals surface area (Å²) >= 11 is 0. The minimum atomic E-state index is -1.21. The van der Waals surface area contributed by atoms with Gasteiger partial charge in [-0.15, -0.1) is 13.2 Å². The highest BCUT2D eigenvalue weighted by atomic mass is 16.4. The summed E-state index contributed by atoms with van der Waals surface area (Å²) in [6.45, 7) is 7.81. The van der Waals surface area contributed by atoms with E-state index in [1.807, 2.05) is 0 Å². The van der Waals surface area contributed by atoms with Gasteiger partial charge < -0.3 is 14.8 Å². The number of aliphatic carboxylic acids is 1. The first kappa shape index (κ1) is 12.4. The van der Waals surface area contributed by atoms with Crippen molar-refractivity contribution in [2.24, 2.45) is 0 Å². The normalized spacial score (nSPS) is 9.14. The Bertz CT molecular complexity index is 226. The highest BCUT2D eigenvalue weighted by Gasteiger charge is 2.09. The van der Waals surface area contributed by atoms with Crippen molar-refractivity contribution in [3.63, 3.8) is 0 Å². The van der Waals surface area contributed by atoms with Gasteiger partial charge in [-0.1, -0.05) is 12.2 Å². The Labute approximate surface area is 83.5 Å². The molecule has 0 heterocycles. The maximum atomic E-state index is 11.4. The van der Waals surface area contributed by atoms with Crippen molar-refractivity contribution >= 4 is 11.9 Å². The largest absolute Gasteiger partial charge is 0.550 e. The molecule has 0 radical (unpaired) electrons. The summed E-state index contributed by atoms with van der Waals surface area (Å²) in [4.78, 5) is 23.0. The molecular weight excluding hydrogens is 182 g/mol. The lowest BCUT2D eigenvalue weighted by Crippen LogP contribution is -2.33. The first-order valence-electron chi connectivity index (χ1n) is 4.31. The number of nitrogens with zero attached hydrogens (tertiary/aromatic N) is 1. The quantitative estimate of drug-likeness (QED) is 0.526. The summed E-state index contributed by atoms with van der Waals surface area (Å²) in [6.07, 6.45) is 2.88. The molecule has 0 aliphatic rings. The van der Waals surface area contributed by atoms with Crippen LogP contribution >= 0.6 is 0 Å². The summed E-state index contributed by atoms with van der Waals surface area (Å²) < 4.78 is 0. The van der Waals surface area contributed by atoms with E-state index in [0.717, 1.165) is 0 Å². The number of carbonyl (C=O) groups is 2. The molecule has 0 unspecified atom stereocenters. The van der Waals surface area contributed by atoms with Crippen molar-refractivity contribution in [1.29, 1.82) is 0 Å². The molecule has 0 saturated carbocycles. The number of hydrogen-bond acceptors (Lipinski definition) is 3. The third-order valence-corrected chi connectivity index (χ3v) is 1.59. The molecule has 0 rings (SSSR count). The van der Waals surface area contributed by atoms with Gasteiger partial charge in [-0.25, -0.2) is 0 Å². The van der Waals surface area contributed by atoms with Crippen molar-refractivity contribution in [2.75, 3.05) is 13.1 Å². The van der Waals surface area contributed by atoms with Gasteiger partial charge in [-0.2, -0.15) is 0 Å². The van der Waals surface area contributed by atoms with Crippen LogP contribution in [-0.2, 0) is 9.59 Å². The monoisotopic (exact) mass is 196 g/mol. The van der Waals surface area contributed by atoms with E-state index in [4.69, 9.17) is 0 Å². The van der Waals surface area contributed by atoms with Crippen LogP contribution in [0.4, 0.5) is 0 Å². The van der Waals surface area contributed by atoms with Crippen molar-refractivity contribution in [1.82, 2.24) is 4.90 Å². The van der Waals surface area contributed by atoms with Crippen LogP contribution in [0.1, 0.15) is 12.8 Å². The Morgan fingerprint density at radius 3 is 2.00 bits per heavy atom. The molecule has 0 atom stereocenters. The fourth-order valence-corrected chi connectivity index (χ4v) is 0.957. The van der Waals surface area contributed by atoms with E-state index in [0.29, 0.717) is 13.1 Å². The first-order valence-corrected chi connectivity index (χ1v) is 4.31. The molecule has 4 nitrogen and oxygen atoms in total. The van der Waals surface area contributed by atoms with Crippen LogP contribution < -0.4 is 5.11 Å². The maximum Gasteiger partial charge on any atom is 0.223 e. The summed E-state index contributed by atoms with van der Waals surface area (Å²) in [6, 6.07) is 0. The van der Waals surface area contributed by atoms with Crippen molar-refractivity contribution in [2.45, 2.75) is 12.8 Å². The van der Waals surface area contributed by atoms with E-state index < -0.39 is 5.97 Å². The molecule has 0 fully saturated rings. The van der Waals surface area contributed by atoms with Gasteiger partial charge in [-0.05, 0) is 6.42 Å². The van der Waals surface area contributed by atoms with E-state index in [9.17, 15) is 14.7 Å². The van der Waals surface area contributed by atoms with Crippen LogP contribution in [0.3, 0.4) is 0 Å². The van der Waals surface area contributed by atoms with Crippen LogP contribution in [-0.4, -0.2) is 29.9 Å².